The van der Waals surface area contributed by atoms with Crippen LogP contribution < -0.4 is 0 Å². The Labute approximate surface area is 203 Å². The van der Waals surface area contributed by atoms with Crippen molar-refractivity contribution in [2.24, 2.45) is 0 Å². The lowest BCUT2D eigenvalue weighted by atomic mass is 10.1. The van der Waals surface area contributed by atoms with Crippen LogP contribution in [-0.2, 0) is 11.5 Å². The molecule has 3 heterocycles. The van der Waals surface area contributed by atoms with Gasteiger partial charge in [-0.05, 0) is 67.1 Å². The maximum Gasteiger partial charge on any atom is 0.159 e. The van der Waals surface area contributed by atoms with Crippen molar-refractivity contribution in [3.8, 4) is 11.1 Å². The largest absolute Gasteiger partial charge is 0.360 e. The molecule has 0 bridgehead atoms. The summed E-state index contributed by atoms with van der Waals surface area (Å²) in [6.45, 7) is 10.2. The Morgan fingerprint density at radius 1 is 1.19 bits per heavy atom. The fourth-order valence-corrected chi connectivity index (χ4v) is 5.56. The molecule has 32 heavy (non-hydrogen) atoms. The molecule has 2 aromatic heterocycles. The van der Waals surface area contributed by atoms with E-state index in [4.69, 9.17) is 16.3 Å². The van der Waals surface area contributed by atoms with E-state index in [9.17, 15) is 4.39 Å². The lowest BCUT2D eigenvalue weighted by molar-refractivity contribution is 0.0786. The van der Waals surface area contributed by atoms with Crippen LogP contribution in [0.25, 0.3) is 22.0 Å². The van der Waals surface area contributed by atoms with Crippen molar-refractivity contribution in [3.63, 3.8) is 0 Å². The third kappa shape index (κ3) is 5.30. The number of hydrogen-bond acceptors (Lipinski definition) is 3. The molecule has 0 amide bonds. The molecule has 9 heteroatoms. The maximum atomic E-state index is 14.5. The predicted octanol–water partition coefficient (Wildman–Crippen LogP) is 6.64. The molecule has 0 saturated carbocycles. The van der Waals surface area contributed by atoms with Crippen LogP contribution in [0.1, 0.15) is 18.9 Å². The summed E-state index contributed by atoms with van der Waals surface area (Å²) >= 11 is 9.92. The summed E-state index contributed by atoms with van der Waals surface area (Å²) in [4.78, 5) is 2.34. The Hall–Kier alpha value is -1.19. The summed E-state index contributed by atoms with van der Waals surface area (Å²) in [6, 6.07) is 4.92. The number of piperidine rings is 1. The zero-order valence-corrected chi connectivity index (χ0v) is 22.5. The fraction of sp³-hybridized carbons (Fsp3) is 0.522. The molecule has 0 unspecified atom stereocenters. The van der Waals surface area contributed by atoms with Gasteiger partial charge in [-0.3, -0.25) is 0 Å². The molecule has 0 atom stereocenters. The Balaban J connectivity index is 1.65. The van der Waals surface area contributed by atoms with E-state index in [-0.39, 0.29) is 5.82 Å². The Morgan fingerprint density at radius 3 is 2.59 bits per heavy atom. The number of nitrogens with zero attached hydrogens (tertiary/aromatic N) is 4. The van der Waals surface area contributed by atoms with Crippen LogP contribution in [0.4, 0.5) is 4.39 Å². The van der Waals surface area contributed by atoms with Crippen LogP contribution in [0, 0.1) is 5.82 Å². The maximum absolute atomic E-state index is 14.5. The van der Waals surface area contributed by atoms with Crippen LogP contribution in [0.2, 0.25) is 30.8 Å². The zero-order chi connectivity index (χ0) is 23.0. The second kappa shape index (κ2) is 9.58. The van der Waals surface area contributed by atoms with Gasteiger partial charge < -0.3 is 14.2 Å². The molecule has 1 aliphatic rings. The van der Waals surface area contributed by atoms with Gasteiger partial charge in [0.25, 0.3) is 0 Å². The lowest BCUT2D eigenvalue weighted by Gasteiger charge is -2.30. The van der Waals surface area contributed by atoms with E-state index < -0.39 is 8.07 Å². The number of hydrogen-bond donors (Lipinski definition) is 0. The molecule has 0 spiro atoms. The van der Waals surface area contributed by atoms with E-state index >= 15 is 0 Å². The molecule has 1 saturated heterocycles. The van der Waals surface area contributed by atoms with Gasteiger partial charge in [-0.15, -0.1) is 0 Å². The predicted molar refractivity (Wildman–Crippen MR) is 136 cm³/mol. The Bertz CT molecular complexity index is 1100. The first kappa shape index (κ1) is 23.9. The van der Waals surface area contributed by atoms with Crippen LogP contribution >= 0.6 is 27.5 Å². The average Bonchev–Trinajstić information content (AvgIpc) is 3.26. The zero-order valence-electron chi connectivity index (χ0n) is 19.2. The second-order valence-corrected chi connectivity index (χ2v) is 16.8. The van der Waals surface area contributed by atoms with Crippen LogP contribution in [0.5, 0.6) is 0 Å². The molecule has 174 valence electrons. The molecule has 3 aromatic rings. The highest BCUT2D eigenvalue weighted by atomic mass is 79.9. The number of rotatable bonds is 7. The van der Waals surface area contributed by atoms with Crippen LogP contribution in [0.15, 0.2) is 29.0 Å². The van der Waals surface area contributed by atoms with Crippen molar-refractivity contribution in [1.29, 1.82) is 0 Å². The minimum atomic E-state index is -1.13. The van der Waals surface area contributed by atoms with Gasteiger partial charge in [0.15, 0.2) is 5.15 Å². The lowest BCUT2D eigenvalue weighted by Crippen LogP contribution is -2.31. The van der Waals surface area contributed by atoms with Gasteiger partial charge in [-0.1, -0.05) is 31.2 Å². The van der Waals surface area contributed by atoms with Crippen molar-refractivity contribution >= 4 is 46.5 Å². The summed E-state index contributed by atoms with van der Waals surface area (Å²) < 4.78 is 24.8. The van der Waals surface area contributed by atoms with Crippen LogP contribution in [0.3, 0.4) is 0 Å². The molecular formula is C23H31BrClFN4OSi. The minimum absolute atomic E-state index is 0.256. The van der Waals surface area contributed by atoms with Gasteiger partial charge in [0.2, 0.25) is 0 Å². The van der Waals surface area contributed by atoms with Gasteiger partial charge >= 0.3 is 0 Å². The summed E-state index contributed by atoms with van der Waals surface area (Å²) in [5, 5.41) is 5.87. The number of aromatic nitrogens is 3. The van der Waals surface area contributed by atoms with Gasteiger partial charge in [0.1, 0.15) is 12.5 Å². The standard InChI is InChI=1S/C23H31BrClFN4OSi/c1-28-7-5-16(6-8-28)30-14-18(17-11-20(24)21(26)12-22(17)30)19-13-29(27-23(19)25)15-31-9-10-32(2,3)4/h11-14,16H,5-10,15H2,1-4H3. The molecule has 0 N–H and O–H groups in total. The van der Waals surface area contributed by atoms with Crippen molar-refractivity contribution < 1.29 is 9.13 Å². The summed E-state index contributed by atoms with van der Waals surface area (Å²) in [5.74, 6) is -0.256. The molecule has 1 aliphatic heterocycles. The van der Waals surface area contributed by atoms with Gasteiger partial charge in [0, 0.05) is 49.6 Å². The quantitative estimate of drug-likeness (QED) is 0.248. The minimum Gasteiger partial charge on any atom is -0.360 e. The number of fused-ring (bicyclic) bond motifs is 1. The van der Waals surface area contributed by atoms with Gasteiger partial charge in [0.05, 0.1) is 9.99 Å². The summed E-state index contributed by atoms with van der Waals surface area (Å²) in [5.41, 5.74) is 2.71. The third-order valence-electron chi connectivity index (χ3n) is 6.18. The number of benzene rings is 1. The molecule has 1 fully saturated rings. The molecule has 0 radical (unpaired) electrons. The smallest absolute Gasteiger partial charge is 0.159 e. The van der Waals surface area contributed by atoms with Gasteiger partial charge in [-0.25, -0.2) is 9.07 Å². The number of likely N-dealkylation sites (tertiary alicyclic amines) is 1. The molecule has 0 aliphatic carbocycles. The van der Waals surface area contributed by atoms with E-state index in [0.29, 0.717) is 22.4 Å². The molecule has 5 nitrogen and oxygen atoms in total. The third-order valence-corrected chi connectivity index (χ3v) is 8.77. The van der Waals surface area contributed by atoms with E-state index in [1.165, 1.54) is 0 Å². The number of ether oxygens (including phenoxy) is 1. The Morgan fingerprint density at radius 2 is 1.91 bits per heavy atom. The Kier molecular flexibility index (Phi) is 7.17. The van der Waals surface area contributed by atoms with E-state index in [1.54, 1.807) is 10.7 Å². The number of halogens is 3. The van der Waals surface area contributed by atoms with Gasteiger partial charge in [-0.2, -0.15) is 5.10 Å². The fourth-order valence-electron chi connectivity index (χ4n) is 4.21. The SMILES string of the molecule is CN1CCC(n2cc(-c3cn(COCC[Si](C)(C)C)nc3Cl)c3cc(Br)c(F)cc32)CC1. The van der Waals surface area contributed by atoms with E-state index in [2.05, 4.69) is 63.4 Å². The monoisotopic (exact) mass is 540 g/mol. The van der Waals surface area contributed by atoms with E-state index in [1.807, 2.05) is 12.3 Å². The molecule has 1 aromatic carbocycles. The highest BCUT2D eigenvalue weighted by Gasteiger charge is 2.24. The normalized spacial score (nSPS) is 16.3. The first-order chi connectivity index (χ1) is 15.1. The van der Waals surface area contributed by atoms with Crippen LogP contribution in [-0.4, -0.2) is 54.1 Å². The second-order valence-electron chi connectivity index (χ2n) is 9.99. The first-order valence-corrected chi connectivity index (χ1v) is 16.0. The highest BCUT2D eigenvalue weighted by molar-refractivity contribution is 9.10. The summed E-state index contributed by atoms with van der Waals surface area (Å²) in [7, 11) is 1.01. The highest BCUT2D eigenvalue weighted by Crippen LogP contribution is 2.39. The van der Waals surface area contributed by atoms with E-state index in [0.717, 1.165) is 60.6 Å². The average molecular weight is 542 g/mol. The van der Waals surface area contributed by atoms with Crippen molar-refractivity contribution in [3.05, 3.63) is 40.0 Å². The first-order valence-electron chi connectivity index (χ1n) is 11.1. The topological polar surface area (TPSA) is 35.2 Å². The van der Waals surface area contributed by atoms with Crippen molar-refractivity contribution in [1.82, 2.24) is 19.2 Å². The van der Waals surface area contributed by atoms with Crippen molar-refractivity contribution in [2.45, 2.75) is 51.3 Å². The molecule has 4 rings (SSSR count). The summed E-state index contributed by atoms with van der Waals surface area (Å²) in [6.07, 6.45) is 6.12. The molecular weight excluding hydrogens is 511 g/mol. The van der Waals surface area contributed by atoms with Crippen molar-refractivity contribution in [2.75, 3.05) is 26.7 Å².